The Kier molecular flexibility index (Phi) is 7.92. The monoisotopic (exact) mass is 360 g/mol. The van der Waals surface area contributed by atoms with Crippen LogP contribution >= 0.6 is 0 Å². The van der Waals surface area contributed by atoms with Gasteiger partial charge in [0, 0.05) is 6.54 Å². The number of hydrogen-bond acceptors (Lipinski definition) is 8. The number of carbonyl (C=O) groups excluding carboxylic acids is 4. The minimum Gasteiger partial charge on any atom is -0.466 e. The summed E-state index contributed by atoms with van der Waals surface area (Å²) in [6.07, 6.45) is -0.779. The molecular formula is C14H24N4O7. The molecule has 3 atom stereocenters. The van der Waals surface area contributed by atoms with Gasteiger partial charge in [0.2, 0.25) is 0 Å². The molecule has 0 bridgehead atoms. The molecule has 25 heavy (non-hydrogen) atoms. The van der Waals surface area contributed by atoms with E-state index in [2.05, 4.69) is 10.9 Å². The number of nitrogens with zero attached hydrogens (tertiary/aromatic N) is 1. The molecule has 3 amide bonds. The fourth-order valence-electron chi connectivity index (χ4n) is 2.58. The molecule has 1 aliphatic heterocycles. The van der Waals surface area contributed by atoms with Crippen LogP contribution in [-0.4, -0.2) is 67.4 Å². The third-order valence-corrected chi connectivity index (χ3v) is 3.47. The Bertz CT molecular complexity index is 513. The maximum atomic E-state index is 12.4. The summed E-state index contributed by atoms with van der Waals surface area (Å²) in [6.45, 7) is 4.98. The van der Waals surface area contributed by atoms with Gasteiger partial charge in [-0.3, -0.25) is 15.1 Å². The highest BCUT2D eigenvalue weighted by atomic mass is 16.6. The Morgan fingerprint density at radius 1 is 1.00 bits per heavy atom. The van der Waals surface area contributed by atoms with Crippen LogP contribution in [0.2, 0.25) is 0 Å². The summed E-state index contributed by atoms with van der Waals surface area (Å²) in [5.41, 5.74) is 9.70. The standard InChI is InChI=1S/C14H24N4O7/c1-4-23-11(19)9-8(16-17-13(15)21)7-18(14(22)25-6-3)10(9)12(20)24-5-2/h8-10,16H,4-7H2,1-3H3,(H3,15,17,21)/t8-,9+,10-/m0/s1. The quantitative estimate of drug-likeness (QED) is 0.301. The lowest BCUT2D eigenvalue weighted by molar-refractivity contribution is -0.158. The first-order valence-electron chi connectivity index (χ1n) is 7.94. The van der Waals surface area contributed by atoms with Crippen molar-refractivity contribution in [2.24, 2.45) is 11.7 Å². The van der Waals surface area contributed by atoms with E-state index in [4.69, 9.17) is 19.9 Å². The van der Waals surface area contributed by atoms with Gasteiger partial charge in [-0.2, -0.15) is 0 Å². The fraction of sp³-hybridized carbons (Fsp3) is 0.714. The van der Waals surface area contributed by atoms with Gasteiger partial charge in [-0.25, -0.2) is 19.8 Å². The van der Waals surface area contributed by atoms with Crippen molar-refractivity contribution in [3.05, 3.63) is 0 Å². The molecule has 0 aromatic carbocycles. The first-order chi connectivity index (χ1) is 11.9. The van der Waals surface area contributed by atoms with Crippen LogP contribution in [0.5, 0.6) is 0 Å². The minimum atomic E-state index is -1.25. The number of urea groups is 1. The Hall–Kier alpha value is -2.56. The summed E-state index contributed by atoms with van der Waals surface area (Å²) < 4.78 is 14.9. The summed E-state index contributed by atoms with van der Waals surface area (Å²) in [7, 11) is 0. The van der Waals surface area contributed by atoms with Gasteiger partial charge < -0.3 is 19.9 Å². The second kappa shape index (κ2) is 9.67. The van der Waals surface area contributed by atoms with Crippen molar-refractivity contribution < 1.29 is 33.4 Å². The van der Waals surface area contributed by atoms with Crippen molar-refractivity contribution in [2.75, 3.05) is 26.4 Å². The molecule has 4 N–H and O–H groups in total. The van der Waals surface area contributed by atoms with Gasteiger partial charge in [0.1, 0.15) is 12.0 Å². The molecular weight excluding hydrogens is 336 g/mol. The van der Waals surface area contributed by atoms with E-state index >= 15 is 0 Å². The zero-order chi connectivity index (χ0) is 19.0. The highest BCUT2D eigenvalue weighted by Crippen LogP contribution is 2.28. The lowest BCUT2D eigenvalue weighted by atomic mass is 9.96. The van der Waals surface area contributed by atoms with Crippen LogP contribution in [0.15, 0.2) is 0 Å². The van der Waals surface area contributed by atoms with Gasteiger partial charge in [-0.1, -0.05) is 0 Å². The van der Waals surface area contributed by atoms with Gasteiger partial charge >= 0.3 is 24.1 Å². The number of likely N-dealkylation sites (tertiary alicyclic amines) is 1. The average Bonchev–Trinajstić information content (AvgIpc) is 2.93. The minimum absolute atomic E-state index is 0.0686. The number of nitrogens with one attached hydrogen (secondary N) is 2. The average molecular weight is 360 g/mol. The number of rotatable bonds is 7. The Morgan fingerprint density at radius 2 is 1.56 bits per heavy atom. The third kappa shape index (κ3) is 5.21. The van der Waals surface area contributed by atoms with Crippen LogP contribution in [0.25, 0.3) is 0 Å². The molecule has 11 heteroatoms. The maximum absolute atomic E-state index is 12.4. The number of carbonyl (C=O) groups is 4. The molecule has 1 fully saturated rings. The number of hydrogen-bond donors (Lipinski definition) is 3. The number of hydrazine groups is 1. The van der Waals surface area contributed by atoms with Crippen molar-refractivity contribution >= 4 is 24.1 Å². The van der Waals surface area contributed by atoms with Crippen LogP contribution < -0.4 is 16.6 Å². The van der Waals surface area contributed by atoms with Gasteiger partial charge in [0.15, 0.2) is 0 Å². The van der Waals surface area contributed by atoms with E-state index in [-0.39, 0.29) is 26.4 Å². The predicted molar refractivity (Wildman–Crippen MR) is 83.9 cm³/mol. The second-order valence-electron chi connectivity index (χ2n) is 5.07. The van der Waals surface area contributed by atoms with E-state index in [0.717, 1.165) is 4.90 Å². The number of nitrogens with two attached hydrogens (primary N) is 1. The molecule has 0 saturated carbocycles. The molecule has 1 rings (SSSR count). The van der Waals surface area contributed by atoms with Gasteiger partial charge in [-0.15, -0.1) is 0 Å². The lowest BCUT2D eigenvalue weighted by Gasteiger charge is -2.25. The highest BCUT2D eigenvalue weighted by Gasteiger charge is 2.53. The summed E-state index contributed by atoms with van der Waals surface area (Å²) in [5.74, 6) is -2.58. The summed E-state index contributed by atoms with van der Waals surface area (Å²) >= 11 is 0. The van der Waals surface area contributed by atoms with E-state index in [1.54, 1.807) is 20.8 Å². The van der Waals surface area contributed by atoms with Crippen molar-refractivity contribution in [1.82, 2.24) is 15.8 Å². The van der Waals surface area contributed by atoms with E-state index < -0.39 is 42.1 Å². The lowest BCUT2D eigenvalue weighted by Crippen LogP contribution is -2.52. The Labute approximate surface area is 145 Å². The van der Waals surface area contributed by atoms with Crippen molar-refractivity contribution in [2.45, 2.75) is 32.9 Å². The van der Waals surface area contributed by atoms with Crippen LogP contribution in [0.1, 0.15) is 20.8 Å². The van der Waals surface area contributed by atoms with Crippen LogP contribution in [0.4, 0.5) is 9.59 Å². The van der Waals surface area contributed by atoms with Crippen LogP contribution in [0, 0.1) is 5.92 Å². The van der Waals surface area contributed by atoms with E-state index in [1.165, 1.54) is 0 Å². The second-order valence-corrected chi connectivity index (χ2v) is 5.07. The molecule has 0 spiro atoms. The largest absolute Gasteiger partial charge is 0.466 e. The molecule has 0 aliphatic carbocycles. The highest BCUT2D eigenvalue weighted by molar-refractivity contribution is 5.89. The molecule has 0 aromatic heterocycles. The molecule has 1 aliphatic rings. The summed E-state index contributed by atoms with van der Waals surface area (Å²) in [6, 6.07) is -2.94. The summed E-state index contributed by atoms with van der Waals surface area (Å²) in [4.78, 5) is 48.9. The number of esters is 2. The SMILES string of the molecule is CCOC(=O)[C@@H]1[C@@H](NNC(N)=O)CN(C(=O)OCC)[C@@H]1C(=O)OCC. The Balaban J connectivity index is 3.15. The molecule has 11 nitrogen and oxygen atoms in total. The smallest absolute Gasteiger partial charge is 0.410 e. The number of amides is 3. The topological polar surface area (TPSA) is 149 Å². The molecule has 1 saturated heterocycles. The number of ether oxygens (including phenoxy) is 3. The van der Waals surface area contributed by atoms with Gasteiger partial charge in [0.05, 0.1) is 25.9 Å². The van der Waals surface area contributed by atoms with Crippen molar-refractivity contribution in [3.63, 3.8) is 0 Å². The van der Waals surface area contributed by atoms with Crippen LogP contribution in [0.3, 0.4) is 0 Å². The van der Waals surface area contributed by atoms with Gasteiger partial charge in [-0.05, 0) is 20.8 Å². The number of primary amides is 1. The predicted octanol–water partition coefficient (Wildman–Crippen LogP) is -0.889. The normalized spacial score (nSPS) is 22.2. The van der Waals surface area contributed by atoms with Crippen molar-refractivity contribution in [3.8, 4) is 0 Å². The third-order valence-electron chi connectivity index (χ3n) is 3.47. The first-order valence-corrected chi connectivity index (χ1v) is 7.94. The zero-order valence-electron chi connectivity index (χ0n) is 14.4. The van der Waals surface area contributed by atoms with Crippen LogP contribution in [-0.2, 0) is 23.8 Å². The van der Waals surface area contributed by atoms with E-state index in [9.17, 15) is 19.2 Å². The molecule has 142 valence electrons. The Morgan fingerprint density at radius 3 is 2.08 bits per heavy atom. The zero-order valence-corrected chi connectivity index (χ0v) is 14.4. The van der Waals surface area contributed by atoms with E-state index in [0.29, 0.717) is 0 Å². The van der Waals surface area contributed by atoms with Gasteiger partial charge in [0.25, 0.3) is 0 Å². The van der Waals surface area contributed by atoms with E-state index in [1.807, 2.05) is 0 Å². The molecule has 0 unspecified atom stereocenters. The molecule has 0 aromatic rings. The first kappa shape index (κ1) is 20.5. The molecule has 1 heterocycles. The fourth-order valence-corrected chi connectivity index (χ4v) is 2.58. The molecule has 0 radical (unpaired) electrons. The van der Waals surface area contributed by atoms with Crippen molar-refractivity contribution in [1.29, 1.82) is 0 Å². The maximum Gasteiger partial charge on any atom is 0.410 e. The summed E-state index contributed by atoms with van der Waals surface area (Å²) in [5, 5.41) is 0.